The number of nitrogens with zero attached hydrogens (tertiary/aromatic N) is 1. The second kappa shape index (κ2) is 4.87. The van der Waals surface area contributed by atoms with Crippen molar-refractivity contribution in [1.29, 1.82) is 5.26 Å². The highest BCUT2D eigenvalue weighted by molar-refractivity contribution is 5.79. The first-order valence-corrected chi connectivity index (χ1v) is 6.65. The van der Waals surface area contributed by atoms with Gasteiger partial charge in [0.15, 0.2) is 0 Å². The van der Waals surface area contributed by atoms with E-state index >= 15 is 0 Å². The van der Waals surface area contributed by atoms with Crippen LogP contribution in [0.4, 0.5) is 0 Å². The zero-order valence-electron chi connectivity index (χ0n) is 11.2. The molecule has 5 nitrogen and oxygen atoms in total. The minimum atomic E-state index is -0.687. The predicted octanol–water partition coefficient (Wildman–Crippen LogP) is 0.136. The number of nitriles is 1. The van der Waals surface area contributed by atoms with E-state index in [1.54, 1.807) is 0 Å². The molecule has 1 saturated carbocycles. The molecular weight excluding hydrogens is 228 g/mol. The van der Waals surface area contributed by atoms with E-state index in [4.69, 9.17) is 0 Å². The van der Waals surface area contributed by atoms with Crippen molar-refractivity contribution in [1.82, 2.24) is 16.0 Å². The Labute approximate surface area is 108 Å². The van der Waals surface area contributed by atoms with Gasteiger partial charge in [0.05, 0.1) is 12.6 Å². The Morgan fingerprint density at radius 1 is 1.61 bits per heavy atom. The molecule has 0 aromatic carbocycles. The lowest BCUT2D eigenvalue weighted by Gasteiger charge is -2.27. The normalized spacial score (nSPS) is 30.5. The van der Waals surface area contributed by atoms with Crippen LogP contribution in [0.5, 0.6) is 0 Å². The zero-order valence-corrected chi connectivity index (χ0v) is 11.2. The quantitative estimate of drug-likeness (QED) is 0.648. The number of carbonyl (C=O) groups excluding carboxylic acids is 1. The van der Waals surface area contributed by atoms with Gasteiger partial charge in [-0.05, 0) is 45.6 Å². The average molecular weight is 250 g/mol. The van der Waals surface area contributed by atoms with Gasteiger partial charge in [-0.1, -0.05) is 0 Å². The SMILES string of the molecule is CC1(NCC(=O)NC(C)(C#N)C2CC2)CCNC1. The maximum Gasteiger partial charge on any atom is 0.235 e. The Morgan fingerprint density at radius 2 is 2.33 bits per heavy atom. The number of nitrogens with one attached hydrogen (secondary N) is 3. The Morgan fingerprint density at radius 3 is 2.83 bits per heavy atom. The molecule has 1 amide bonds. The summed E-state index contributed by atoms with van der Waals surface area (Å²) in [7, 11) is 0. The standard InChI is InChI=1S/C13H22N4O/c1-12(5-6-15-9-12)16-7-11(18)17-13(2,8-14)10-3-4-10/h10,15-16H,3-7,9H2,1-2H3,(H,17,18). The fourth-order valence-electron chi connectivity index (χ4n) is 2.48. The van der Waals surface area contributed by atoms with Gasteiger partial charge in [-0.2, -0.15) is 5.26 Å². The number of hydrogen-bond acceptors (Lipinski definition) is 4. The molecule has 2 fully saturated rings. The maximum absolute atomic E-state index is 11.9. The summed E-state index contributed by atoms with van der Waals surface area (Å²) in [5.41, 5.74) is -0.687. The van der Waals surface area contributed by atoms with Gasteiger partial charge in [0.25, 0.3) is 0 Å². The van der Waals surface area contributed by atoms with Crippen LogP contribution in [0.15, 0.2) is 0 Å². The van der Waals surface area contributed by atoms with Gasteiger partial charge >= 0.3 is 0 Å². The van der Waals surface area contributed by atoms with E-state index in [1.165, 1.54) is 0 Å². The second-order valence-corrected chi connectivity index (χ2v) is 5.98. The van der Waals surface area contributed by atoms with Crippen molar-refractivity contribution in [3.8, 4) is 6.07 Å². The third-order valence-electron chi connectivity index (χ3n) is 4.07. The number of amides is 1. The summed E-state index contributed by atoms with van der Waals surface area (Å²) in [5.74, 6) is 0.245. The largest absolute Gasteiger partial charge is 0.337 e. The second-order valence-electron chi connectivity index (χ2n) is 5.98. The van der Waals surface area contributed by atoms with Crippen molar-refractivity contribution in [2.75, 3.05) is 19.6 Å². The van der Waals surface area contributed by atoms with Gasteiger partial charge in [0, 0.05) is 12.1 Å². The molecule has 0 spiro atoms. The molecule has 100 valence electrons. The molecule has 0 radical (unpaired) electrons. The Hall–Kier alpha value is -1.12. The molecule has 18 heavy (non-hydrogen) atoms. The Kier molecular flexibility index (Phi) is 3.60. The lowest BCUT2D eigenvalue weighted by atomic mass is 9.97. The smallest absolute Gasteiger partial charge is 0.235 e. The van der Waals surface area contributed by atoms with Crippen molar-refractivity contribution < 1.29 is 4.79 Å². The number of rotatable bonds is 5. The van der Waals surface area contributed by atoms with E-state index in [0.29, 0.717) is 5.92 Å². The summed E-state index contributed by atoms with van der Waals surface area (Å²) in [5, 5.41) is 18.6. The van der Waals surface area contributed by atoms with E-state index in [2.05, 4.69) is 28.9 Å². The van der Waals surface area contributed by atoms with Crippen LogP contribution in [0.25, 0.3) is 0 Å². The van der Waals surface area contributed by atoms with Gasteiger partial charge in [-0.15, -0.1) is 0 Å². The van der Waals surface area contributed by atoms with Crippen LogP contribution in [-0.2, 0) is 4.79 Å². The lowest BCUT2D eigenvalue weighted by Crippen LogP contribution is -2.53. The number of hydrogen-bond donors (Lipinski definition) is 3. The van der Waals surface area contributed by atoms with Crippen LogP contribution in [0.1, 0.15) is 33.1 Å². The Balaban J connectivity index is 1.80. The van der Waals surface area contributed by atoms with Crippen molar-refractivity contribution in [2.24, 2.45) is 5.92 Å². The van der Waals surface area contributed by atoms with Gasteiger partial charge < -0.3 is 16.0 Å². The minimum Gasteiger partial charge on any atom is -0.337 e. The van der Waals surface area contributed by atoms with Gasteiger partial charge in [0.2, 0.25) is 5.91 Å². The summed E-state index contributed by atoms with van der Waals surface area (Å²) in [6, 6.07) is 2.24. The summed E-state index contributed by atoms with van der Waals surface area (Å²) in [6.07, 6.45) is 3.11. The zero-order chi connectivity index (χ0) is 13.2. The average Bonchev–Trinajstić information content (AvgIpc) is 3.11. The summed E-state index contributed by atoms with van der Waals surface area (Å²) < 4.78 is 0. The fourth-order valence-corrected chi connectivity index (χ4v) is 2.48. The highest BCUT2D eigenvalue weighted by Gasteiger charge is 2.43. The fraction of sp³-hybridized carbons (Fsp3) is 0.846. The first kappa shape index (κ1) is 13.3. The molecule has 0 aromatic heterocycles. The van der Waals surface area contributed by atoms with Crippen LogP contribution in [-0.4, -0.2) is 36.6 Å². The molecule has 2 aliphatic rings. The monoisotopic (exact) mass is 250 g/mol. The minimum absolute atomic E-state index is 0.0000344. The first-order chi connectivity index (χ1) is 8.47. The van der Waals surface area contributed by atoms with Gasteiger partial charge in [-0.3, -0.25) is 4.79 Å². The van der Waals surface area contributed by atoms with E-state index in [1.807, 2.05) is 6.92 Å². The van der Waals surface area contributed by atoms with E-state index in [0.717, 1.165) is 32.4 Å². The summed E-state index contributed by atoms with van der Waals surface area (Å²) in [6.45, 7) is 6.09. The van der Waals surface area contributed by atoms with Crippen molar-refractivity contribution in [3.05, 3.63) is 0 Å². The summed E-state index contributed by atoms with van der Waals surface area (Å²) >= 11 is 0. The molecule has 5 heteroatoms. The third kappa shape index (κ3) is 3.01. The first-order valence-electron chi connectivity index (χ1n) is 6.65. The van der Waals surface area contributed by atoms with Crippen LogP contribution >= 0.6 is 0 Å². The molecule has 0 aromatic rings. The van der Waals surface area contributed by atoms with Gasteiger partial charge in [0.1, 0.15) is 5.54 Å². The number of carbonyl (C=O) groups is 1. The molecule has 2 unspecified atom stereocenters. The Bertz CT molecular complexity index is 366. The van der Waals surface area contributed by atoms with Crippen molar-refractivity contribution >= 4 is 5.91 Å². The van der Waals surface area contributed by atoms with Crippen molar-refractivity contribution in [2.45, 2.75) is 44.2 Å². The molecular formula is C13H22N4O. The molecule has 2 atom stereocenters. The molecule has 0 bridgehead atoms. The predicted molar refractivity (Wildman–Crippen MR) is 68.8 cm³/mol. The summed E-state index contributed by atoms with van der Waals surface area (Å²) in [4.78, 5) is 11.9. The molecule has 1 aliphatic carbocycles. The maximum atomic E-state index is 11.9. The molecule has 3 N–H and O–H groups in total. The third-order valence-corrected chi connectivity index (χ3v) is 4.07. The molecule has 2 rings (SSSR count). The highest BCUT2D eigenvalue weighted by Crippen LogP contribution is 2.39. The highest BCUT2D eigenvalue weighted by atomic mass is 16.2. The van der Waals surface area contributed by atoms with Crippen LogP contribution in [0.3, 0.4) is 0 Å². The lowest BCUT2D eigenvalue weighted by molar-refractivity contribution is -0.122. The van der Waals surface area contributed by atoms with Crippen LogP contribution < -0.4 is 16.0 Å². The molecule has 1 aliphatic heterocycles. The van der Waals surface area contributed by atoms with E-state index < -0.39 is 5.54 Å². The van der Waals surface area contributed by atoms with Crippen LogP contribution in [0, 0.1) is 17.2 Å². The van der Waals surface area contributed by atoms with E-state index in [-0.39, 0.29) is 18.0 Å². The molecule has 1 saturated heterocycles. The van der Waals surface area contributed by atoms with E-state index in [9.17, 15) is 10.1 Å². The molecule has 1 heterocycles. The van der Waals surface area contributed by atoms with Gasteiger partial charge in [-0.25, -0.2) is 0 Å². The van der Waals surface area contributed by atoms with Crippen LogP contribution in [0.2, 0.25) is 0 Å². The topological polar surface area (TPSA) is 77.0 Å². The van der Waals surface area contributed by atoms with Crippen molar-refractivity contribution in [3.63, 3.8) is 0 Å².